The minimum Gasteiger partial charge on any atom is -0.343 e. The molecule has 1 aromatic rings. The van der Waals surface area contributed by atoms with Crippen LogP contribution in [0.5, 0.6) is 0 Å². The van der Waals surface area contributed by atoms with Crippen molar-refractivity contribution < 1.29 is 9.59 Å². The minimum atomic E-state index is -0.212. The van der Waals surface area contributed by atoms with Crippen LogP contribution in [0, 0.1) is 0 Å². The molecule has 1 N–H and O–H groups in total. The van der Waals surface area contributed by atoms with E-state index in [1.807, 2.05) is 0 Å². The summed E-state index contributed by atoms with van der Waals surface area (Å²) in [5.74, 6) is -0.339. The van der Waals surface area contributed by atoms with Gasteiger partial charge in [0.25, 0.3) is 5.91 Å². The molecule has 82 valence electrons. The third kappa shape index (κ3) is 1.69. The first-order chi connectivity index (χ1) is 7.74. The second-order valence-corrected chi connectivity index (χ2v) is 3.49. The number of hydrogen-bond acceptors (Lipinski definition) is 2. The number of hydrogen-bond donors (Lipinski definition) is 1. The standard InChI is InChI=1S/C12H12N2O2/c1-2-7-14-10-6-4-3-5-9(10)12(16)13-8-11(14)15/h2-6H,1,7-8H2,(H,13,16). The number of fused-ring (bicyclic) bond motifs is 1. The molecule has 0 spiro atoms. The van der Waals surface area contributed by atoms with E-state index >= 15 is 0 Å². The summed E-state index contributed by atoms with van der Waals surface area (Å²) in [6, 6.07) is 7.06. The molecule has 0 aliphatic carbocycles. The Balaban J connectivity index is 2.52. The fourth-order valence-corrected chi connectivity index (χ4v) is 1.71. The highest BCUT2D eigenvalue weighted by atomic mass is 16.2. The maximum Gasteiger partial charge on any atom is 0.253 e. The zero-order valence-corrected chi connectivity index (χ0v) is 8.77. The van der Waals surface area contributed by atoms with Crippen molar-refractivity contribution in [1.29, 1.82) is 0 Å². The summed E-state index contributed by atoms with van der Waals surface area (Å²) in [6.45, 7) is 4.05. The van der Waals surface area contributed by atoms with Crippen molar-refractivity contribution in [3.8, 4) is 0 Å². The minimum absolute atomic E-state index is 0.0291. The molecule has 0 fully saturated rings. The lowest BCUT2D eigenvalue weighted by atomic mass is 10.1. The molecule has 1 aliphatic heterocycles. The maximum absolute atomic E-state index is 11.8. The SMILES string of the molecule is C=CCN1C(=O)CNC(=O)c2ccccc21. The number of rotatable bonds is 2. The summed E-state index contributed by atoms with van der Waals surface area (Å²) in [5, 5.41) is 2.57. The van der Waals surface area contributed by atoms with E-state index in [9.17, 15) is 9.59 Å². The summed E-state index contributed by atoms with van der Waals surface area (Å²) < 4.78 is 0. The molecule has 1 aromatic carbocycles. The number of para-hydroxylation sites is 1. The molecule has 0 unspecified atom stereocenters. The van der Waals surface area contributed by atoms with Gasteiger partial charge in [0.2, 0.25) is 5.91 Å². The Morgan fingerprint density at radius 2 is 2.12 bits per heavy atom. The maximum atomic E-state index is 11.8. The van der Waals surface area contributed by atoms with Gasteiger partial charge in [-0.1, -0.05) is 18.2 Å². The van der Waals surface area contributed by atoms with Gasteiger partial charge in [0.05, 0.1) is 17.8 Å². The molecular formula is C12H12N2O2. The van der Waals surface area contributed by atoms with Gasteiger partial charge in [-0.25, -0.2) is 0 Å². The Labute approximate surface area is 93.6 Å². The molecule has 0 aromatic heterocycles. The van der Waals surface area contributed by atoms with Gasteiger partial charge in [-0.15, -0.1) is 6.58 Å². The predicted octanol–water partition coefficient (Wildman–Crippen LogP) is 0.949. The van der Waals surface area contributed by atoms with Gasteiger partial charge in [0, 0.05) is 6.54 Å². The van der Waals surface area contributed by atoms with E-state index in [1.54, 1.807) is 35.2 Å². The molecular weight excluding hydrogens is 204 g/mol. The lowest BCUT2D eigenvalue weighted by molar-refractivity contribution is -0.117. The molecule has 4 nitrogen and oxygen atoms in total. The zero-order valence-electron chi connectivity index (χ0n) is 8.77. The van der Waals surface area contributed by atoms with E-state index in [0.717, 1.165) is 0 Å². The van der Waals surface area contributed by atoms with E-state index in [1.165, 1.54) is 0 Å². The average molecular weight is 216 g/mol. The van der Waals surface area contributed by atoms with Gasteiger partial charge in [0.1, 0.15) is 0 Å². The van der Waals surface area contributed by atoms with E-state index in [4.69, 9.17) is 0 Å². The van der Waals surface area contributed by atoms with Gasteiger partial charge in [-0.2, -0.15) is 0 Å². The van der Waals surface area contributed by atoms with Gasteiger partial charge in [-0.3, -0.25) is 9.59 Å². The number of benzene rings is 1. The van der Waals surface area contributed by atoms with Crippen molar-refractivity contribution in [2.75, 3.05) is 18.0 Å². The van der Waals surface area contributed by atoms with Crippen molar-refractivity contribution >= 4 is 17.5 Å². The van der Waals surface area contributed by atoms with Crippen molar-refractivity contribution in [1.82, 2.24) is 5.32 Å². The Morgan fingerprint density at radius 3 is 2.88 bits per heavy atom. The quantitative estimate of drug-likeness (QED) is 0.748. The topological polar surface area (TPSA) is 49.4 Å². The van der Waals surface area contributed by atoms with Crippen LogP contribution in [-0.2, 0) is 4.79 Å². The first-order valence-corrected chi connectivity index (χ1v) is 5.02. The number of carbonyl (C=O) groups excluding carboxylic acids is 2. The first-order valence-electron chi connectivity index (χ1n) is 5.02. The molecule has 16 heavy (non-hydrogen) atoms. The van der Waals surface area contributed by atoms with Gasteiger partial charge < -0.3 is 10.2 Å². The van der Waals surface area contributed by atoms with E-state index in [2.05, 4.69) is 11.9 Å². The van der Waals surface area contributed by atoms with Crippen LogP contribution in [0.25, 0.3) is 0 Å². The highest BCUT2D eigenvalue weighted by molar-refractivity contribution is 6.09. The molecule has 2 amide bonds. The molecule has 0 saturated heterocycles. The number of carbonyl (C=O) groups is 2. The molecule has 0 saturated carbocycles. The summed E-state index contributed by atoms with van der Waals surface area (Å²) >= 11 is 0. The van der Waals surface area contributed by atoms with Crippen LogP contribution in [0.1, 0.15) is 10.4 Å². The van der Waals surface area contributed by atoms with E-state index in [-0.39, 0.29) is 18.4 Å². The second kappa shape index (κ2) is 4.18. The van der Waals surface area contributed by atoms with Crippen LogP contribution in [0.2, 0.25) is 0 Å². The van der Waals surface area contributed by atoms with Gasteiger partial charge in [0.15, 0.2) is 0 Å². The number of amides is 2. The van der Waals surface area contributed by atoms with Crippen LogP contribution in [0.3, 0.4) is 0 Å². The summed E-state index contributed by atoms with van der Waals surface area (Å²) in [6.07, 6.45) is 1.64. The summed E-state index contributed by atoms with van der Waals surface area (Å²) in [7, 11) is 0. The van der Waals surface area contributed by atoms with Gasteiger partial charge in [-0.05, 0) is 12.1 Å². The van der Waals surface area contributed by atoms with Crippen LogP contribution < -0.4 is 10.2 Å². The molecule has 0 atom stereocenters. The molecule has 2 rings (SSSR count). The van der Waals surface area contributed by atoms with Gasteiger partial charge >= 0.3 is 0 Å². The highest BCUT2D eigenvalue weighted by Gasteiger charge is 2.24. The highest BCUT2D eigenvalue weighted by Crippen LogP contribution is 2.22. The summed E-state index contributed by atoms with van der Waals surface area (Å²) in [4.78, 5) is 25.0. The van der Waals surface area contributed by atoms with Crippen molar-refractivity contribution in [3.63, 3.8) is 0 Å². The lowest BCUT2D eigenvalue weighted by Gasteiger charge is -2.19. The Kier molecular flexibility index (Phi) is 2.72. The third-order valence-corrected chi connectivity index (χ3v) is 2.45. The third-order valence-electron chi connectivity index (χ3n) is 2.45. The Morgan fingerprint density at radius 1 is 1.38 bits per heavy atom. The molecule has 4 heteroatoms. The smallest absolute Gasteiger partial charge is 0.253 e. The fraction of sp³-hybridized carbons (Fsp3) is 0.167. The molecule has 1 aliphatic rings. The van der Waals surface area contributed by atoms with E-state index in [0.29, 0.717) is 17.8 Å². The van der Waals surface area contributed by atoms with Crippen molar-refractivity contribution in [2.24, 2.45) is 0 Å². The number of anilines is 1. The average Bonchev–Trinajstić information content (AvgIpc) is 2.42. The molecule has 0 radical (unpaired) electrons. The number of nitrogens with zero attached hydrogens (tertiary/aromatic N) is 1. The van der Waals surface area contributed by atoms with Crippen molar-refractivity contribution in [2.45, 2.75) is 0 Å². The predicted molar refractivity (Wildman–Crippen MR) is 61.3 cm³/mol. The van der Waals surface area contributed by atoms with Crippen LogP contribution in [0.15, 0.2) is 36.9 Å². The Bertz CT molecular complexity index is 454. The first kappa shape index (κ1) is 10.4. The lowest BCUT2D eigenvalue weighted by Crippen LogP contribution is -2.36. The Hall–Kier alpha value is -2.10. The van der Waals surface area contributed by atoms with Crippen molar-refractivity contribution in [3.05, 3.63) is 42.5 Å². The van der Waals surface area contributed by atoms with Crippen LogP contribution in [-0.4, -0.2) is 24.9 Å². The fourth-order valence-electron chi connectivity index (χ4n) is 1.71. The van der Waals surface area contributed by atoms with Crippen LogP contribution in [0.4, 0.5) is 5.69 Å². The second-order valence-electron chi connectivity index (χ2n) is 3.49. The van der Waals surface area contributed by atoms with E-state index < -0.39 is 0 Å². The molecule has 0 bridgehead atoms. The zero-order chi connectivity index (χ0) is 11.5. The number of nitrogens with one attached hydrogen (secondary N) is 1. The molecule has 1 heterocycles. The van der Waals surface area contributed by atoms with Crippen LogP contribution >= 0.6 is 0 Å². The normalized spacial score (nSPS) is 15.1. The monoisotopic (exact) mass is 216 g/mol. The largest absolute Gasteiger partial charge is 0.343 e. The summed E-state index contributed by atoms with van der Waals surface area (Å²) in [5.41, 5.74) is 1.16.